The number of carbonyl (C=O) groups is 2. The SMILES string of the molecule is NS(=O)(=O)c1ccc2c(c1)NC(=O)C(c1ccccc1)N2C(=O)c1ccc2ocnc2c1. The van der Waals surface area contributed by atoms with Crippen molar-refractivity contribution >= 4 is 44.3 Å². The number of carbonyl (C=O) groups excluding carboxylic acids is 2. The monoisotopic (exact) mass is 448 g/mol. The predicted octanol–water partition coefficient (Wildman–Crippen LogP) is 2.82. The molecular formula is C22H16N4O5S. The maximum Gasteiger partial charge on any atom is 0.259 e. The van der Waals surface area contributed by atoms with Crippen molar-refractivity contribution in [3.8, 4) is 0 Å². The molecule has 32 heavy (non-hydrogen) atoms. The van der Waals surface area contributed by atoms with E-state index in [4.69, 9.17) is 9.56 Å². The first kappa shape index (κ1) is 19.9. The van der Waals surface area contributed by atoms with Crippen LogP contribution in [0, 0.1) is 0 Å². The number of primary sulfonamides is 1. The van der Waals surface area contributed by atoms with E-state index in [2.05, 4.69) is 10.3 Å². The van der Waals surface area contributed by atoms with Crippen LogP contribution in [-0.4, -0.2) is 25.2 Å². The lowest BCUT2D eigenvalue weighted by molar-refractivity contribution is -0.117. The molecule has 5 rings (SSSR count). The predicted molar refractivity (Wildman–Crippen MR) is 116 cm³/mol. The van der Waals surface area contributed by atoms with E-state index < -0.39 is 27.9 Å². The minimum Gasteiger partial charge on any atom is -0.443 e. The Kier molecular flexibility index (Phi) is 4.54. The molecule has 9 nitrogen and oxygen atoms in total. The number of sulfonamides is 1. The molecule has 10 heteroatoms. The lowest BCUT2D eigenvalue weighted by Gasteiger charge is -2.37. The zero-order valence-electron chi connectivity index (χ0n) is 16.4. The van der Waals surface area contributed by atoms with Gasteiger partial charge in [0, 0.05) is 5.56 Å². The third-order valence-corrected chi connectivity index (χ3v) is 6.14. The Hall–Kier alpha value is -4.02. The molecule has 1 aliphatic rings. The Morgan fingerprint density at radius 1 is 1.06 bits per heavy atom. The van der Waals surface area contributed by atoms with Gasteiger partial charge in [0.15, 0.2) is 12.0 Å². The largest absolute Gasteiger partial charge is 0.443 e. The summed E-state index contributed by atoms with van der Waals surface area (Å²) in [5.74, 6) is -0.936. The van der Waals surface area contributed by atoms with Gasteiger partial charge in [-0.2, -0.15) is 0 Å². The van der Waals surface area contributed by atoms with Crippen LogP contribution in [0.25, 0.3) is 11.1 Å². The molecule has 2 amide bonds. The number of fused-ring (bicyclic) bond motifs is 2. The van der Waals surface area contributed by atoms with Crippen LogP contribution in [0.1, 0.15) is 22.0 Å². The van der Waals surface area contributed by atoms with E-state index in [1.165, 1.54) is 29.5 Å². The lowest BCUT2D eigenvalue weighted by Crippen LogP contribution is -2.45. The van der Waals surface area contributed by atoms with Crippen LogP contribution in [0.2, 0.25) is 0 Å². The second-order valence-electron chi connectivity index (χ2n) is 7.24. The molecule has 4 aromatic rings. The van der Waals surface area contributed by atoms with Gasteiger partial charge < -0.3 is 9.73 Å². The Bertz CT molecular complexity index is 1480. The fourth-order valence-corrected chi connectivity index (χ4v) is 4.29. The van der Waals surface area contributed by atoms with Crippen molar-refractivity contribution < 1.29 is 22.4 Å². The van der Waals surface area contributed by atoms with Gasteiger partial charge in [-0.05, 0) is 42.0 Å². The summed E-state index contributed by atoms with van der Waals surface area (Å²) in [7, 11) is -4.00. The van der Waals surface area contributed by atoms with Gasteiger partial charge in [-0.15, -0.1) is 0 Å². The molecule has 2 heterocycles. The molecular weight excluding hydrogens is 432 g/mol. The number of benzene rings is 3. The van der Waals surface area contributed by atoms with Crippen molar-refractivity contribution in [3.05, 3.63) is 84.3 Å². The zero-order chi connectivity index (χ0) is 22.5. The van der Waals surface area contributed by atoms with E-state index in [1.54, 1.807) is 48.5 Å². The third kappa shape index (κ3) is 3.31. The van der Waals surface area contributed by atoms with Gasteiger partial charge in [0.25, 0.3) is 11.8 Å². The summed E-state index contributed by atoms with van der Waals surface area (Å²) in [6.07, 6.45) is 1.28. The number of anilines is 2. The van der Waals surface area contributed by atoms with Crippen molar-refractivity contribution in [1.82, 2.24) is 4.98 Å². The Balaban J connectivity index is 1.69. The van der Waals surface area contributed by atoms with E-state index in [9.17, 15) is 18.0 Å². The topological polar surface area (TPSA) is 136 Å². The Morgan fingerprint density at radius 2 is 1.84 bits per heavy atom. The zero-order valence-corrected chi connectivity index (χ0v) is 17.2. The van der Waals surface area contributed by atoms with E-state index in [-0.39, 0.29) is 10.6 Å². The molecule has 0 fully saturated rings. The smallest absolute Gasteiger partial charge is 0.259 e. The first-order valence-electron chi connectivity index (χ1n) is 9.52. The molecule has 3 N–H and O–H groups in total. The van der Waals surface area contributed by atoms with E-state index >= 15 is 0 Å². The third-order valence-electron chi connectivity index (χ3n) is 5.23. The van der Waals surface area contributed by atoms with Crippen molar-refractivity contribution in [1.29, 1.82) is 0 Å². The maximum atomic E-state index is 13.7. The fourth-order valence-electron chi connectivity index (χ4n) is 3.75. The van der Waals surface area contributed by atoms with Crippen molar-refractivity contribution in [2.75, 3.05) is 10.2 Å². The average molecular weight is 448 g/mol. The molecule has 0 bridgehead atoms. The number of nitrogens with zero attached hydrogens (tertiary/aromatic N) is 2. The number of nitrogens with two attached hydrogens (primary N) is 1. The normalized spacial score (nSPS) is 16.0. The summed E-state index contributed by atoms with van der Waals surface area (Å²) < 4.78 is 28.8. The summed E-state index contributed by atoms with van der Waals surface area (Å²) in [6, 6.07) is 16.7. The van der Waals surface area contributed by atoms with E-state index in [1.807, 2.05) is 0 Å². The summed E-state index contributed by atoms with van der Waals surface area (Å²) >= 11 is 0. The number of nitrogens with one attached hydrogen (secondary N) is 1. The fraction of sp³-hybridized carbons (Fsp3) is 0.0455. The molecule has 160 valence electrons. The van der Waals surface area contributed by atoms with E-state index in [0.29, 0.717) is 27.9 Å². The number of rotatable bonds is 3. The van der Waals surface area contributed by atoms with Crippen LogP contribution in [0.3, 0.4) is 0 Å². The second-order valence-corrected chi connectivity index (χ2v) is 8.80. The van der Waals surface area contributed by atoms with Gasteiger partial charge in [0.1, 0.15) is 11.6 Å². The summed E-state index contributed by atoms with van der Waals surface area (Å²) in [6.45, 7) is 0. The van der Waals surface area contributed by atoms with Crippen LogP contribution in [0.5, 0.6) is 0 Å². The Labute approximate surface area is 182 Å². The standard InChI is InChI=1S/C22H16N4O5S/c23-32(29,30)15-7-8-18-16(11-15)25-21(27)20(13-4-2-1-3-5-13)26(18)22(28)14-6-9-19-17(10-14)24-12-31-19/h1-12,20H,(H,25,27)(H2,23,29,30). The Morgan fingerprint density at radius 3 is 2.59 bits per heavy atom. The highest BCUT2D eigenvalue weighted by atomic mass is 32.2. The van der Waals surface area contributed by atoms with E-state index in [0.717, 1.165) is 0 Å². The minimum atomic E-state index is -4.00. The first-order chi connectivity index (χ1) is 15.3. The molecule has 1 aromatic heterocycles. The molecule has 0 radical (unpaired) electrons. The molecule has 1 aliphatic heterocycles. The summed E-state index contributed by atoms with van der Waals surface area (Å²) in [5, 5.41) is 7.94. The number of hydrogen-bond acceptors (Lipinski definition) is 6. The van der Waals surface area contributed by atoms with Crippen molar-refractivity contribution in [2.45, 2.75) is 10.9 Å². The van der Waals surface area contributed by atoms with Gasteiger partial charge in [-0.25, -0.2) is 18.5 Å². The van der Waals surface area contributed by atoms with Gasteiger partial charge in [-0.3, -0.25) is 14.5 Å². The molecule has 1 atom stereocenters. The van der Waals surface area contributed by atoms with Gasteiger partial charge in [-0.1, -0.05) is 30.3 Å². The summed E-state index contributed by atoms with van der Waals surface area (Å²) in [5.41, 5.74) is 2.43. The number of hydrogen-bond donors (Lipinski definition) is 2. The highest BCUT2D eigenvalue weighted by Crippen LogP contribution is 2.40. The van der Waals surface area contributed by atoms with Gasteiger partial charge in [0.2, 0.25) is 10.0 Å². The number of oxazole rings is 1. The van der Waals surface area contributed by atoms with Crippen molar-refractivity contribution in [2.24, 2.45) is 5.14 Å². The molecule has 0 saturated heterocycles. The van der Waals surface area contributed by atoms with Crippen LogP contribution in [0.15, 0.2) is 82.4 Å². The van der Waals surface area contributed by atoms with Crippen LogP contribution < -0.4 is 15.4 Å². The van der Waals surface area contributed by atoms with Crippen LogP contribution in [-0.2, 0) is 14.8 Å². The molecule has 0 spiro atoms. The number of amides is 2. The molecule has 0 aliphatic carbocycles. The highest BCUT2D eigenvalue weighted by molar-refractivity contribution is 7.89. The quantitative estimate of drug-likeness (QED) is 0.495. The second kappa shape index (κ2) is 7.29. The molecule has 3 aromatic carbocycles. The molecule has 0 saturated carbocycles. The average Bonchev–Trinajstić information content (AvgIpc) is 3.25. The number of aromatic nitrogens is 1. The van der Waals surface area contributed by atoms with Crippen LogP contribution in [0.4, 0.5) is 11.4 Å². The summed E-state index contributed by atoms with van der Waals surface area (Å²) in [4.78, 5) is 32.1. The van der Waals surface area contributed by atoms with Crippen molar-refractivity contribution in [3.63, 3.8) is 0 Å². The van der Waals surface area contributed by atoms with Gasteiger partial charge in [0.05, 0.1) is 16.3 Å². The lowest BCUT2D eigenvalue weighted by atomic mass is 9.98. The van der Waals surface area contributed by atoms with Crippen LogP contribution >= 0.6 is 0 Å². The first-order valence-corrected chi connectivity index (χ1v) is 11.1. The molecule has 1 unspecified atom stereocenters. The maximum absolute atomic E-state index is 13.7. The van der Waals surface area contributed by atoms with Gasteiger partial charge >= 0.3 is 0 Å². The minimum absolute atomic E-state index is 0.171. The highest BCUT2D eigenvalue weighted by Gasteiger charge is 2.39.